The van der Waals surface area contributed by atoms with Gasteiger partial charge in [-0.1, -0.05) is 47.6 Å². The van der Waals surface area contributed by atoms with Gasteiger partial charge in [-0.2, -0.15) is 4.98 Å². The maximum atomic E-state index is 6.47. The number of nitrogens with zero attached hydrogens (tertiary/aromatic N) is 2. The van der Waals surface area contributed by atoms with Crippen LogP contribution >= 0.6 is 11.3 Å². The maximum absolute atomic E-state index is 6.47. The molecule has 0 radical (unpaired) electrons. The van der Waals surface area contributed by atoms with Crippen LogP contribution in [0.25, 0.3) is 20.8 Å². The molecule has 2 aromatic heterocycles. The molecule has 2 aromatic carbocycles. The Bertz CT molecular complexity index is 1070. The highest BCUT2D eigenvalue weighted by atomic mass is 32.1. The van der Waals surface area contributed by atoms with Crippen LogP contribution in [-0.2, 0) is 6.42 Å². The molecule has 0 aliphatic carbocycles. The van der Waals surface area contributed by atoms with Crippen LogP contribution in [0.5, 0.6) is 5.75 Å². The lowest BCUT2D eigenvalue weighted by Gasteiger charge is -2.24. The van der Waals surface area contributed by atoms with Crippen molar-refractivity contribution >= 4 is 21.4 Å². The third kappa shape index (κ3) is 3.53. The van der Waals surface area contributed by atoms with Gasteiger partial charge in [0, 0.05) is 10.1 Å². The predicted molar refractivity (Wildman–Crippen MR) is 111 cm³/mol. The van der Waals surface area contributed by atoms with Gasteiger partial charge in [-0.25, -0.2) is 0 Å². The number of nitrogens with one attached hydrogen (secondary N) is 1. The second-order valence-corrected chi connectivity index (χ2v) is 8.05. The number of thiophene rings is 1. The maximum Gasteiger partial charge on any atom is 0.231 e. The van der Waals surface area contributed by atoms with Gasteiger partial charge in [0.15, 0.2) is 0 Å². The summed E-state index contributed by atoms with van der Waals surface area (Å²) in [5.41, 5.74) is 1.15. The summed E-state index contributed by atoms with van der Waals surface area (Å²) in [5.74, 6) is 2.11. The summed E-state index contributed by atoms with van der Waals surface area (Å²) < 4.78 is 13.2. The lowest BCUT2D eigenvalue weighted by Crippen LogP contribution is -2.34. The first-order valence-electron chi connectivity index (χ1n) is 9.62. The Balaban J connectivity index is 1.49. The molecule has 1 aliphatic rings. The molecule has 5 nitrogen and oxygen atoms in total. The van der Waals surface area contributed by atoms with E-state index in [4.69, 9.17) is 9.26 Å². The van der Waals surface area contributed by atoms with Gasteiger partial charge < -0.3 is 14.6 Å². The van der Waals surface area contributed by atoms with Crippen molar-refractivity contribution in [1.29, 1.82) is 0 Å². The van der Waals surface area contributed by atoms with Crippen molar-refractivity contribution < 1.29 is 9.26 Å². The molecule has 4 aromatic rings. The van der Waals surface area contributed by atoms with Crippen molar-refractivity contribution in [1.82, 2.24) is 15.5 Å². The van der Waals surface area contributed by atoms with Crippen LogP contribution in [0.3, 0.4) is 0 Å². The molecule has 0 atom stereocenters. The summed E-state index contributed by atoms with van der Waals surface area (Å²) in [6.07, 6.45) is 2.86. The molecular formula is C22H21N3O2S. The van der Waals surface area contributed by atoms with E-state index in [0.717, 1.165) is 47.5 Å². The molecule has 1 N–H and O–H groups in total. The molecule has 6 heteroatoms. The largest absolute Gasteiger partial charge is 0.488 e. The number of hydrogen-bond donors (Lipinski definition) is 1. The van der Waals surface area contributed by atoms with E-state index in [1.807, 2.05) is 30.3 Å². The highest BCUT2D eigenvalue weighted by Crippen LogP contribution is 2.44. The van der Waals surface area contributed by atoms with E-state index < -0.39 is 0 Å². The van der Waals surface area contributed by atoms with E-state index in [1.54, 1.807) is 11.3 Å². The van der Waals surface area contributed by atoms with E-state index in [2.05, 4.69) is 39.7 Å². The third-order valence-corrected chi connectivity index (χ3v) is 6.14. The lowest BCUT2D eigenvalue weighted by atomic mass is 10.1. The highest BCUT2D eigenvalue weighted by molar-refractivity contribution is 7.22. The van der Waals surface area contributed by atoms with E-state index in [-0.39, 0.29) is 6.10 Å². The number of ether oxygens (including phenoxy) is 1. The van der Waals surface area contributed by atoms with Gasteiger partial charge in [-0.05, 0) is 43.6 Å². The topological polar surface area (TPSA) is 60.2 Å². The number of benzene rings is 2. The average Bonchev–Trinajstić information content (AvgIpc) is 3.34. The molecular weight excluding hydrogens is 370 g/mol. The molecule has 142 valence electrons. The average molecular weight is 391 g/mol. The second-order valence-electron chi connectivity index (χ2n) is 7.00. The molecule has 1 aliphatic heterocycles. The summed E-state index contributed by atoms with van der Waals surface area (Å²) in [7, 11) is 0. The minimum Gasteiger partial charge on any atom is -0.488 e. The van der Waals surface area contributed by atoms with Gasteiger partial charge in [0.2, 0.25) is 11.7 Å². The van der Waals surface area contributed by atoms with E-state index >= 15 is 0 Å². The van der Waals surface area contributed by atoms with Crippen LogP contribution in [0.2, 0.25) is 0 Å². The van der Waals surface area contributed by atoms with Gasteiger partial charge in [0.1, 0.15) is 16.7 Å². The number of aromatic nitrogens is 2. The molecule has 3 heterocycles. The Hall–Kier alpha value is -2.70. The molecule has 0 saturated carbocycles. The Kier molecular flexibility index (Phi) is 4.81. The normalized spacial score (nSPS) is 15.1. The van der Waals surface area contributed by atoms with Crippen LogP contribution in [0.1, 0.15) is 24.3 Å². The third-order valence-electron chi connectivity index (χ3n) is 4.99. The zero-order chi connectivity index (χ0) is 18.8. The van der Waals surface area contributed by atoms with E-state index in [1.165, 1.54) is 4.70 Å². The summed E-state index contributed by atoms with van der Waals surface area (Å²) in [6.45, 7) is 1.98. The standard InChI is InChI=1S/C22H21N3O2S/c1-2-6-15(7-3-1)14-19-24-22(25-27-19)21-20(26-16-10-12-23-13-11-16)17-8-4-5-9-18(17)28-21/h1-9,16,23H,10-14H2. The second kappa shape index (κ2) is 7.73. The Morgan fingerprint density at radius 3 is 2.68 bits per heavy atom. The first kappa shape index (κ1) is 17.4. The van der Waals surface area contributed by atoms with Gasteiger partial charge >= 0.3 is 0 Å². The molecule has 1 fully saturated rings. The molecule has 28 heavy (non-hydrogen) atoms. The van der Waals surface area contributed by atoms with Crippen molar-refractivity contribution in [2.75, 3.05) is 13.1 Å². The summed E-state index contributed by atoms with van der Waals surface area (Å²) in [4.78, 5) is 5.61. The molecule has 1 saturated heterocycles. The first-order chi connectivity index (χ1) is 13.9. The zero-order valence-corrected chi connectivity index (χ0v) is 16.2. The molecule has 0 bridgehead atoms. The number of piperidine rings is 1. The van der Waals surface area contributed by atoms with Crippen molar-refractivity contribution in [3.63, 3.8) is 0 Å². The smallest absolute Gasteiger partial charge is 0.231 e. The number of hydrogen-bond acceptors (Lipinski definition) is 6. The fourth-order valence-electron chi connectivity index (χ4n) is 3.56. The Labute approximate surface area is 167 Å². The van der Waals surface area contributed by atoms with Crippen molar-refractivity contribution in [2.45, 2.75) is 25.4 Å². The first-order valence-corrected chi connectivity index (χ1v) is 10.4. The van der Waals surface area contributed by atoms with Gasteiger partial charge in [0.25, 0.3) is 0 Å². The minimum absolute atomic E-state index is 0.216. The van der Waals surface area contributed by atoms with Gasteiger partial charge in [0.05, 0.1) is 6.42 Å². The molecule has 0 spiro atoms. The zero-order valence-electron chi connectivity index (χ0n) is 15.4. The van der Waals surface area contributed by atoms with Crippen LogP contribution in [0.15, 0.2) is 59.1 Å². The highest BCUT2D eigenvalue weighted by Gasteiger charge is 2.23. The summed E-state index contributed by atoms with van der Waals surface area (Å²) in [5, 5.41) is 8.77. The Morgan fingerprint density at radius 1 is 1.04 bits per heavy atom. The fourth-order valence-corrected chi connectivity index (χ4v) is 4.62. The van der Waals surface area contributed by atoms with Crippen LogP contribution < -0.4 is 10.1 Å². The van der Waals surface area contributed by atoms with E-state index in [9.17, 15) is 0 Å². The van der Waals surface area contributed by atoms with Gasteiger partial charge in [-0.15, -0.1) is 11.3 Å². The summed E-state index contributed by atoms with van der Waals surface area (Å²) in [6, 6.07) is 18.5. The molecule has 0 amide bonds. The Morgan fingerprint density at radius 2 is 1.82 bits per heavy atom. The van der Waals surface area contributed by atoms with E-state index in [0.29, 0.717) is 18.1 Å². The molecule has 0 unspecified atom stereocenters. The SMILES string of the molecule is c1ccc(Cc2nc(-c3sc4ccccc4c3OC3CCNCC3)no2)cc1. The number of rotatable bonds is 5. The predicted octanol–water partition coefficient (Wildman–Crippen LogP) is 4.67. The van der Waals surface area contributed by atoms with Crippen LogP contribution in [0, 0.1) is 0 Å². The van der Waals surface area contributed by atoms with Gasteiger partial charge in [-0.3, -0.25) is 0 Å². The minimum atomic E-state index is 0.216. The monoisotopic (exact) mass is 391 g/mol. The fraction of sp³-hybridized carbons (Fsp3) is 0.273. The van der Waals surface area contributed by atoms with Crippen molar-refractivity contribution in [3.05, 3.63) is 66.1 Å². The number of fused-ring (bicyclic) bond motifs is 1. The lowest BCUT2D eigenvalue weighted by molar-refractivity contribution is 0.166. The van der Waals surface area contributed by atoms with Crippen molar-refractivity contribution in [2.24, 2.45) is 0 Å². The quantitative estimate of drug-likeness (QED) is 0.536. The molecule has 5 rings (SSSR count). The van der Waals surface area contributed by atoms with Crippen LogP contribution in [-0.4, -0.2) is 29.3 Å². The summed E-state index contributed by atoms with van der Waals surface area (Å²) >= 11 is 1.66. The van der Waals surface area contributed by atoms with Crippen molar-refractivity contribution in [3.8, 4) is 16.5 Å². The van der Waals surface area contributed by atoms with Crippen LogP contribution in [0.4, 0.5) is 0 Å².